The maximum atomic E-state index is 13.6. The zero-order chi connectivity index (χ0) is 26.3. The van der Waals surface area contributed by atoms with Crippen LogP contribution in [0.4, 0.5) is 5.82 Å². The average Bonchev–Trinajstić information content (AvgIpc) is 2.85. The third-order valence-corrected chi connectivity index (χ3v) is 7.85. The van der Waals surface area contributed by atoms with Gasteiger partial charge in [-0.3, -0.25) is 9.59 Å². The Bertz CT molecular complexity index is 1470. The number of aryl methyl sites for hydroxylation is 1. The molecule has 2 aromatic carbocycles. The van der Waals surface area contributed by atoms with Gasteiger partial charge in [-0.1, -0.05) is 67.6 Å². The summed E-state index contributed by atoms with van der Waals surface area (Å²) < 4.78 is 11.3. The molecule has 0 bridgehead atoms. The summed E-state index contributed by atoms with van der Waals surface area (Å²) >= 11 is 1.48. The SMILES string of the molecule is COc1cccc(C2C3=C(CC(C)(C)CC3=O)Nc3nc(SCc4cccc(C)c4)[nH]c(=O)c32)c1OC. The van der Waals surface area contributed by atoms with Crippen molar-refractivity contribution in [2.24, 2.45) is 5.41 Å². The lowest BCUT2D eigenvalue weighted by Crippen LogP contribution is -2.37. The van der Waals surface area contributed by atoms with Crippen molar-refractivity contribution < 1.29 is 14.3 Å². The van der Waals surface area contributed by atoms with Crippen molar-refractivity contribution in [3.63, 3.8) is 0 Å². The monoisotopic (exact) mass is 517 g/mol. The Labute approximate surface area is 220 Å². The third kappa shape index (κ3) is 4.78. The van der Waals surface area contributed by atoms with Gasteiger partial charge in [-0.2, -0.15) is 0 Å². The molecule has 0 saturated heterocycles. The van der Waals surface area contributed by atoms with Crippen LogP contribution in [0.2, 0.25) is 0 Å². The first kappa shape index (κ1) is 25.1. The number of ether oxygens (including phenoxy) is 2. The number of Topliss-reactive ketones (excluding diaryl/α,β-unsaturated/α-hetero) is 1. The summed E-state index contributed by atoms with van der Waals surface area (Å²) in [5, 5.41) is 3.91. The highest BCUT2D eigenvalue weighted by Gasteiger charge is 2.43. The summed E-state index contributed by atoms with van der Waals surface area (Å²) in [4.78, 5) is 35.0. The number of allylic oxidation sites excluding steroid dienone is 2. The predicted molar refractivity (Wildman–Crippen MR) is 146 cm³/mol. The third-order valence-electron chi connectivity index (χ3n) is 6.90. The van der Waals surface area contributed by atoms with E-state index in [0.717, 1.165) is 11.3 Å². The molecule has 0 amide bonds. The van der Waals surface area contributed by atoms with Crippen molar-refractivity contribution in [1.82, 2.24) is 9.97 Å². The zero-order valence-electron chi connectivity index (χ0n) is 21.7. The molecule has 1 unspecified atom stereocenters. The first-order valence-electron chi connectivity index (χ1n) is 12.3. The van der Waals surface area contributed by atoms with Crippen LogP contribution in [0.1, 0.15) is 54.9 Å². The molecule has 1 aliphatic carbocycles. The lowest BCUT2D eigenvalue weighted by molar-refractivity contribution is -0.118. The van der Waals surface area contributed by atoms with E-state index >= 15 is 0 Å². The van der Waals surface area contributed by atoms with Gasteiger partial charge in [0.25, 0.3) is 5.56 Å². The Morgan fingerprint density at radius 2 is 1.86 bits per heavy atom. The van der Waals surface area contributed by atoms with E-state index in [-0.39, 0.29) is 16.8 Å². The molecule has 8 heteroatoms. The number of para-hydroxylation sites is 1. The fourth-order valence-electron chi connectivity index (χ4n) is 5.37. The zero-order valence-corrected chi connectivity index (χ0v) is 22.5. The van der Waals surface area contributed by atoms with E-state index in [2.05, 4.69) is 49.3 Å². The smallest absolute Gasteiger partial charge is 0.257 e. The van der Waals surface area contributed by atoms with Crippen LogP contribution < -0.4 is 20.3 Å². The molecule has 0 saturated carbocycles. The summed E-state index contributed by atoms with van der Waals surface area (Å²) in [5.74, 6) is 1.61. The number of aromatic amines is 1. The number of nitrogens with zero attached hydrogens (tertiary/aromatic N) is 1. The number of ketones is 1. The number of carbonyl (C=O) groups is 1. The van der Waals surface area contributed by atoms with Crippen LogP contribution in [0.15, 0.2) is 63.7 Å². The molecule has 1 atom stereocenters. The first-order chi connectivity index (χ1) is 17.7. The summed E-state index contributed by atoms with van der Waals surface area (Å²) in [6.07, 6.45) is 1.08. The van der Waals surface area contributed by atoms with Gasteiger partial charge in [0.05, 0.1) is 25.7 Å². The molecule has 0 fully saturated rings. The Kier molecular flexibility index (Phi) is 6.62. The number of aromatic nitrogens is 2. The van der Waals surface area contributed by atoms with Crippen LogP contribution in [0.25, 0.3) is 0 Å². The number of carbonyl (C=O) groups excluding carboxylic acids is 1. The number of nitrogens with one attached hydrogen (secondary N) is 2. The molecule has 3 aromatic rings. The van der Waals surface area contributed by atoms with Gasteiger partial charge in [-0.15, -0.1) is 0 Å². The van der Waals surface area contributed by atoms with E-state index in [4.69, 9.17) is 14.5 Å². The van der Waals surface area contributed by atoms with E-state index in [9.17, 15) is 9.59 Å². The van der Waals surface area contributed by atoms with E-state index in [0.29, 0.717) is 57.8 Å². The van der Waals surface area contributed by atoms with Gasteiger partial charge in [-0.05, 0) is 30.4 Å². The number of hydrogen-bond donors (Lipinski definition) is 2. The number of thioether (sulfide) groups is 1. The van der Waals surface area contributed by atoms with Crippen LogP contribution in [-0.4, -0.2) is 30.0 Å². The van der Waals surface area contributed by atoms with Crippen molar-refractivity contribution in [2.45, 2.75) is 50.4 Å². The molecule has 0 spiro atoms. The fraction of sp³-hybridized carbons (Fsp3) is 0.345. The van der Waals surface area contributed by atoms with Crippen molar-refractivity contribution in [3.8, 4) is 11.5 Å². The van der Waals surface area contributed by atoms with Gasteiger partial charge in [0.2, 0.25) is 0 Å². The Balaban J connectivity index is 1.64. The van der Waals surface area contributed by atoms with Crippen LogP contribution in [0.5, 0.6) is 11.5 Å². The normalized spacial score (nSPS) is 18.1. The van der Waals surface area contributed by atoms with Crippen LogP contribution in [0, 0.1) is 12.3 Å². The average molecular weight is 518 g/mol. The number of anilines is 1. The van der Waals surface area contributed by atoms with Gasteiger partial charge in [0.1, 0.15) is 5.82 Å². The van der Waals surface area contributed by atoms with Crippen LogP contribution >= 0.6 is 11.8 Å². The Hall–Kier alpha value is -3.52. The molecule has 5 rings (SSSR count). The first-order valence-corrected chi connectivity index (χ1v) is 13.3. The van der Waals surface area contributed by atoms with E-state index in [1.54, 1.807) is 20.3 Å². The van der Waals surface area contributed by atoms with E-state index in [1.165, 1.54) is 17.3 Å². The van der Waals surface area contributed by atoms with Crippen LogP contribution in [-0.2, 0) is 10.5 Å². The molecule has 192 valence electrons. The molecule has 37 heavy (non-hydrogen) atoms. The molecule has 1 aromatic heterocycles. The molecule has 1 aliphatic heterocycles. The highest BCUT2D eigenvalue weighted by molar-refractivity contribution is 7.98. The van der Waals surface area contributed by atoms with E-state index in [1.807, 2.05) is 18.2 Å². The van der Waals surface area contributed by atoms with Gasteiger partial charge in [0, 0.05) is 29.0 Å². The minimum atomic E-state index is -0.619. The van der Waals surface area contributed by atoms with Gasteiger partial charge >= 0.3 is 0 Å². The molecular formula is C29H31N3O4S. The van der Waals surface area contributed by atoms with E-state index < -0.39 is 5.92 Å². The maximum Gasteiger partial charge on any atom is 0.257 e. The predicted octanol–water partition coefficient (Wildman–Crippen LogP) is 5.59. The standard InChI is InChI=1S/C29H31N3O4S/c1-16-8-6-9-17(12-16)15-37-28-31-26-24(27(34)32-28)22(18-10-7-11-21(35-4)25(18)36-5)23-19(30-26)13-29(2,3)14-20(23)33/h6-12,22H,13-15H2,1-5H3,(H2,30,31,32,34). The number of hydrogen-bond acceptors (Lipinski definition) is 7. The highest BCUT2D eigenvalue weighted by atomic mass is 32.2. The van der Waals surface area contributed by atoms with Crippen molar-refractivity contribution in [2.75, 3.05) is 19.5 Å². The molecule has 2 N–H and O–H groups in total. The summed E-state index contributed by atoms with van der Waals surface area (Å²) in [6, 6.07) is 13.8. The summed E-state index contributed by atoms with van der Waals surface area (Å²) in [7, 11) is 3.14. The lowest BCUT2D eigenvalue weighted by Gasteiger charge is -2.38. The van der Waals surface area contributed by atoms with Crippen molar-refractivity contribution in [3.05, 3.63) is 86.3 Å². The topological polar surface area (TPSA) is 93.3 Å². The van der Waals surface area contributed by atoms with Crippen molar-refractivity contribution in [1.29, 1.82) is 0 Å². The van der Waals surface area contributed by atoms with Gasteiger partial charge in [0.15, 0.2) is 22.4 Å². The number of rotatable bonds is 6. The quantitative estimate of drug-likeness (QED) is 0.325. The number of benzene rings is 2. The second-order valence-electron chi connectivity index (χ2n) is 10.4. The lowest BCUT2D eigenvalue weighted by atomic mass is 9.69. The highest BCUT2D eigenvalue weighted by Crippen LogP contribution is 2.50. The molecule has 2 heterocycles. The van der Waals surface area contributed by atoms with Crippen molar-refractivity contribution >= 4 is 23.4 Å². The number of H-pyrrole nitrogens is 1. The minimum absolute atomic E-state index is 0.0246. The number of fused-ring (bicyclic) bond motifs is 1. The summed E-state index contributed by atoms with van der Waals surface area (Å²) in [6.45, 7) is 6.23. The fourth-order valence-corrected chi connectivity index (χ4v) is 6.17. The number of methoxy groups -OCH3 is 2. The second-order valence-corrected chi connectivity index (χ2v) is 11.3. The van der Waals surface area contributed by atoms with Gasteiger partial charge < -0.3 is 19.8 Å². The summed E-state index contributed by atoms with van der Waals surface area (Å²) in [5.41, 5.74) is 4.40. The molecule has 7 nitrogen and oxygen atoms in total. The minimum Gasteiger partial charge on any atom is -0.493 e. The van der Waals surface area contributed by atoms with Gasteiger partial charge in [-0.25, -0.2) is 4.98 Å². The second kappa shape index (κ2) is 9.74. The molecule has 0 radical (unpaired) electrons. The largest absolute Gasteiger partial charge is 0.493 e. The van der Waals surface area contributed by atoms with Crippen LogP contribution in [0.3, 0.4) is 0 Å². The molecule has 2 aliphatic rings. The Morgan fingerprint density at radius 3 is 2.59 bits per heavy atom. The maximum absolute atomic E-state index is 13.6. The Morgan fingerprint density at radius 1 is 1.08 bits per heavy atom. The molecular weight excluding hydrogens is 486 g/mol.